The molecule has 1 aliphatic heterocycles. The Bertz CT molecular complexity index is 654. The number of halogens is 1. The average Bonchev–Trinajstić information content (AvgIpc) is 3.10. The van der Waals surface area contributed by atoms with Crippen LogP contribution in [0.3, 0.4) is 0 Å². The van der Waals surface area contributed by atoms with Crippen LogP contribution >= 0.6 is 11.6 Å². The van der Waals surface area contributed by atoms with Crippen LogP contribution in [0, 0.1) is 0 Å². The van der Waals surface area contributed by atoms with Crippen LogP contribution in [-0.2, 0) is 17.8 Å². The number of nitrogens with zero attached hydrogens (tertiary/aromatic N) is 3. The van der Waals surface area contributed by atoms with E-state index in [0.29, 0.717) is 29.7 Å². The fraction of sp³-hybridized carbons (Fsp3) is 0.438. The Morgan fingerprint density at radius 3 is 2.86 bits per heavy atom. The Morgan fingerprint density at radius 2 is 2.14 bits per heavy atom. The van der Waals surface area contributed by atoms with E-state index in [2.05, 4.69) is 17.1 Å². The number of likely N-dealkylation sites (tertiary alicyclic amines) is 1. The van der Waals surface area contributed by atoms with Gasteiger partial charge in [0.15, 0.2) is 5.82 Å². The van der Waals surface area contributed by atoms with Crippen LogP contribution in [0.25, 0.3) is 0 Å². The van der Waals surface area contributed by atoms with Gasteiger partial charge in [0.25, 0.3) is 0 Å². The zero-order valence-electron chi connectivity index (χ0n) is 12.5. The summed E-state index contributed by atoms with van der Waals surface area (Å²) in [7, 11) is 0. The van der Waals surface area contributed by atoms with Gasteiger partial charge >= 0.3 is 0 Å². The molecule has 0 radical (unpaired) electrons. The molecule has 1 aromatic carbocycles. The lowest BCUT2D eigenvalue weighted by Gasteiger charge is -2.22. The third-order valence-corrected chi connectivity index (χ3v) is 4.09. The lowest BCUT2D eigenvalue weighted by Crippen LogP contribution is -2.27. The summed E-state index contributed by atoms with van der Waals surface area (Å²) in [5.41, 5.74) is 1.04. The van der Waals surface area contributed by atoms with E-state index in [4.69, 9.17) is 16.1 Å². The summed E-state index contributed by atoms with van der Waals surface area (Å²) in [5.74, 6) is 1.38. The lowest BCUT2D eigenvalue weighted by molar-refractivity contribution is -0.129. The first-order valence-electron chi connectivity index (χ1n) is 7.53. The van der Waals surface area contributed by atoms with E-state index in [1.54, 1.807) is 0 Å². The Kier molecular flexibility index (Phi) is 4.43. The van der Waals surface area contributed by atoms with Gasteiger partial charge in [0, 0.05) is 24.4 Å². The number of benzene rings is 1. The van der Waals surface area contributed by atoms with E-state index in [1.165, 1.54) is 0 Å². The van der Waals surface area contributed by atoms with Crippen molar-refractivity contribution in [3.05, 3.63) is 46.6 Å². The molecule has 116 valence electrons. The molecule has 3 rings (SSSR count). The van der Waals surface area contributed by atoms with Gasteiger partial charge in [-0.25, -0.2) is 0 Å². The zero-order valence-corrected chi connectivity index (χ0v) is 13.2. The van der Waals surface area contributed by atoms with E-state index in [-0.39, 0.29) is 11.9 Å². The molecule has 22 heavy (non-hydrogen) atoms. The van der Waals surface area contributed by atoms with E-state index in [9.17, 15) is 4.79 Å². The van der Waals surface area contributed by atoms with Gasteiger partial charge in [-0.1, -0.05) is 35.8 Å². The number of hydrogen-bond donors (Lipinski definition) is 0. The van der Waals surface area contributed by atoms with Gasteiger partial charge in [-0.05, 0) is 30.5 Å². The molecule has 1 atom stereocenters. The maximum atomic E-state index is 12.2. The van der Waals surface area contributed by atoms with E-state index >= 15 is 0 Å². The standard InChI is InChI=1S/C16H18ClN3O2/c1-2-3-14-18-16(22-19-14)13-8-9-15(21)20(13)10-11-4-6-12(17)7-5-11/h4-7,13H,2-3,8-10H2,1H3. The summed E-state index contributed by atoms with van der Waals surface area (Å²) in [6.07, 6.45) is 3.00. The predicted octanol–water partition coefficient (Wildman–Crippen LogP) is 3.54. The van der Waals surface area contributed by atoms with Crippen molar-refractivity contribution in [1.29, 1.82) is 0 Å². The highest BCUT2D eigenvalue weighted by Crippen LogP contribution is 2.33. The van der Waals surface area contributed by atoms with Crippen molar-refractivity contribution in [2.75, 3.05) is 0 Å². The van der Waals surface area contributed by atoms with E-state index in [0.717, 1.165) is 24.8 Å². The van der Waals surface area contributed by atoms with Crippen LogP contribution < -0.4 is 0 Å². The molecule has 0 aliphatic carbocycles. The summed E-state index contributed by atoms with van der Waals surface area (Å²) < 4.78 is 5.36. The molecule has 5 nitrogen and oxygen atoms in total. The molecule has 1 fully saturated rings. The third-order valence-electron chi connectivity index (χ3n) is 3.84. The van der Waals surface area contributed by atoms with Gasteiger partial charge in [-0.15, -0.1) is 0 Å². The van der Waals surface area contributed by atoms with E-state index < -0.39 is 0 Å². The molecule has 1 unspecified atom stereocenters. The predicted molar refractivity (Wildman–Crippen MR) is 82.3 cm³/mol. The second-order valence-electron chi connectivity index (χ2n) is 5.50. The quantitative estimate of drug-likeness (QED) is 0.845. The van der Waals surface area contributed by atoms with Gasteiger partial charge in [-0.2, -0.15) is 4.98 Å². The third kappa shape index (κ3) is 3.14. The Morgan fingerprint density at radius 1 is 1.36 bits per heavy atom. The molecule has 0 spiro atoms. The van der Waals surface area contributed by atoms with Crippen molar-refractivity contribution in [3.63, 3.8) is 0 Å². The molecule has 6 heteroatoms. The first-order chi connectivity index (χ1) is 10.7. The molecule has 1 aromatic heterocycles. The first-order valence-corrected chi connectivity index (χ1v) is 7.91. The molecule has 1 amide bonds. The average molecular weight is 320 g/mol. The van der Waals surface area contributed by atoms with Gasteiger partial charge in [-0.3, -0.25) is 4.79 Å². The second-order valence-corrected chi connectivity index (χ2v) is 5.94. The number of aromatic nitrogens is 2. The molecule has 2 heterocycles. The molecular weight excluding hydrogens is 302 g/mol. The number of carbonyl (C=O) groups is 1. The van der Waals surface area contributed by atoms with Crippen molar-refractivity contribution in [1.82, 2.24) is 15.0 Å². The van der Waals surface area contributed by atoms with Crippen molar-refractivity contribution in [2.24, 2.45) is 0 Å². The largest absolute Gasteiger partial charge is 0.337 e. The summed E-state index contributed by atoms with van der Waals surface area (Å²) in [6, 6.07) is 7.40. The molecule has 0 saturated carbocycles. The normalized spacial score (nSPS) is 18.2. The minimum atomic E-state index is -0.124. The smallest absolute Gasteiger partial charge is 0.249 e. The van der Waals surface area contributed by atoms with Crippen LogP contribution in [0.1, 0.15) is 49.5 Å². The topological polar surface area (TPSA) is 59.2 Å². The molecule has 0 N–H and O–H groups in total. The van der Waals surface area contributed by atoms with Gasteiger partial charge in [0.1, 0.15) is 6.04 Å². The molecule has 2 aromatic rings. The molecule has 1 aliphatic rings. The summed E-state index contributed by atoms with van der Waals surface area (Å²) in [6.45, 7) is 2.61. The number of amides is 1. The van der Waals surface area contributed by atoms with Crippen LogP contribution in [0.4, 0.5) is 0 Å². The fourth-order valence-corrected chi connectivity index (χ4v) is 2.83. The van der Waals surface area contributed by atoms with Crippen LogP contribution in [0.5, 0.6) is 0 Å². The summed E-state index contributed by atoms with van der Waals surface area (Å²) in [4.78, 5) is 18.4. The van der Waals surface area contributed by atoms with E-state index in [1.807, 2.05) is 29.2 Å². The maximum absolute atomic E-state index is 12.2. The molecular formula is C16H18ClN3O2. The minimum absolute atomic E-state index is 0.121. The lowest BCUT2D eigenvalue weighted by atomic mass is 10.2. The van der Waals surface area contributed by atoms with Crippen LogP contribution in [-0.4, -0.2) is 20.9 Å². The minimum Gasteiger partial charge on any atom is -0.337 e. The maximum Gasteiger partial charge on any atom is 0.249 e. The Labute approximate surface area is 134 Å². The number of rotatable bonds is 5. The van der Waals surface area contributed by atoms with Crippen molar-refractivity contribution >= 4 is 17.5 Å². The number of carbonyl (C=O) groups excluding carboxylic acids is 1. The van der Waals surface area contributed by atoms with Crippen molar-refractivity contribution in [2.45, 2.75) is 45.2 Å². The number of hydrogen-bond acceptors (Lipinski definition) is 4. The van der Waals surface area contributed by atoms with Crippen molar-refractivity contribution in [3.8, 4) is 0 Å². The van der Waals surface area contributed by atoms with Crippen LogP contribution in [0.2, 0.25) is 5.02 Å². The zero-order chi connectivity index (χ0) is 15.5. The van der Waals surface area contributed by atoms with Crippen molar-refractivity contribution < 1.29 is 9.32 Å². The molecule has 1 saturated heterocycles. The highest BCUT2D eigenvalue weighted by molar-refractivity contribution is 6.30. The summed E-state index contributed by atoms with van der Waals surface area (Å²) >= 11 is 5.90. The Balaban J connectivity index is 1.77. The molecule has 0 bridgehead atoms. The fourth-order valence-electron chi connectivity index (χ4n) is 2.70. The Hall–Kier alpha value is -1.88. The van der Waals surface area contributed by atoms with Crippen LogP contribution in [0.15, 0.2) is 28.8 Å². The SMILES string of the molecule is CCCc1noc(C2CCC(=O)N2Cc2ccc(Cl)cc2)n1. The van der Waals surface area contributed by atoms with Gasteiger partial charge in [0.2, 0.25) is 11.8 Å². The highest BCUT2D eigenvalue weighted by atomic mass is 35.5. The van der Waals surface area contributed by atoms with Gasteiger partial charge in [0.05, 0.1) is 0 Å². The first kappa shape index (κ1) is 15.0. The number of aryl methyl sites for hydroxylation is 1. The summed E-state index contributed by atoms with van der Waals surface area (Å²) in [5, 5.41) is 4.68. The van der Waals surface area contributed by atoms with Gasteiger partial charge < -0.3 is 9.42 Å². The monoisotopic (exact) mass is 319 g/mol. The highest BCUT2D eigenvalue weighted by Gasteiger charge is 2.35. The second kappa shape index (κ2) is 6.48.